The second kappa shape index (κ2) is 6.69. The number of thiophene rings is 1. The third-order valence-corrected chi connectivity index (χ3v) is 5.19. The normalized spacial score (nSPS) is 22.3. The molecule has 0 bridgehead atoms. The molecule has 0 aromatic carbocycles. The molecule has 1 aliphatic heterocycles. The topological polar surface area (TPSA) is 15.3 Å². The Morgan fingerprint density at radius 1 is 1.50 bits per heavy atom. The van der Waals surface area contributed by atoms with Gasteiger partial charge in [0.15, 0.2) is 0 Å². The monoisotopic (exact) mass is 266 g/mol. The Hall–Kier alpha value is -0.380. The number of nitrogens with zero attached hydrogens (tertiary/aromatic N) is 1. The van der Waals surface area contributed by atoms with E-state index in [-0.39, 0.29) is 0 Å². The number of aryl methyl sites for hydroxylation is 1. The van der Waals surface area contributed by atoms with Crippen molar-refractivity contribution in [1.82, 2.24) is 10.2 Å². The summed E-state index contributed by atoms with van der Waals surface area (Å²) < 4.78 is 0. The van der Waals surface area contributed by atoms with Gasteiger partial charge in [-0.15, -0.1) is 11.3 Å². The van der Waals surface area contributed by atoms with Gasteiger partial charge in [-0.2, -0.15) is 0 Å². The van der Waals surface area contributed by atoms with Crippen molar-refractivity contribution in [2.45, 2.75) is 39.7 Å². The van der Waals surface area contributed by atoms with Gasteiger partial charge in [-0.3, -0.25) is 4.90 Å². The molecular formula is C15H26N2S. The third kappa shape index (κ3) is 3.56. The predicted octanol–water partition coefficient (Wildman–Crippen LogP) is 3.44. The summed E-state index contributed by atoms with van der Waals surface area (Å²) in [6.45, 7) is 11.6. The summed E-state index contributed by atoms with van der Waals surface area (Å²) in [5, 5.41) is 3.52. The highest BCUT2D eigenvalue weighted by Crippen LogP contribution is 2.28. The maximum absolute atomic E-state index is 3.52. The largest absolute Gasteiger partial charge is 0.316 e. The quantitative estimate of drug-likeness (QED) is 0.878. The molecular weight excluding hydrogens is 240 g/mol. The van der Waals surface area contributed by atoms with Crippen LogP contribution in [-0.2, 0) is 0 Å². The summed E-state index contributed by atoms with van der Waals surface area (Å²) in [5.41, 5.74) is 0. The lowest BCUT2D eigenvalue weighted by Gasteiger charge is -2.33. The first-order chi connectivity index (χ1) is 8.70. The maximum atomic E-state index is 3.52. The van der Waals surface area contributed by atoms with Crippen LogP contribution < -0.4 is 5.32 Å². The van der Waals surface area contributed by atoms with Crippen molar-refractivity contribution in [2.75, 3.05) is 26.2 Å². The van der Waals surface area contributed by atoms with Gasteiger partial charge in [0.1, 0.15) is 0 Å². The molecule has 3 heteroatoms. The van der Waals surface area contributed by atoms with Crippen molar-refractivity contribution in [1.29, 1.82) is 0 Å². The van der Waals surface area contributed by atoms with Gasteiger partial charge in [0, 0.05) is 22.3 Å². The van der Waals surface area contributed by atoms with E-state index in [1.165, 1.54) is 42.2 Å². The summed E-state index contributed by atoms with van der Waals surface area (Å²) in [6.07, 6.45) is 2.73. The van der Waals surface area contributed by atoms with Gasteiger partial charge in [-0.05, 0) is 64.4 Å². The maximum Gasteiger partial charge on any atom is 0.0413 e. The lowest BCUT2D eigenvalue weighted by molar-refractivity contribution is 0.173. The van der Waals surface area contributed by atoms with Gasteiger partial charge in [-0.25, -0.2) is 0 Å². The Morgan fingerprint density at radius 3 is 2.89 bits per heavy atom. The molecule has 1 aromatic rings. The van der Waals surface area contributed by atoms with Crippen LogP contribution in [0, 0.1) is 12.8 Å². The van der Waals surface area contributed by atoms with E-state index in [0.29, 0.717) is 6.04 Å². The summed E-state index contributed by atoms with van der Waals surface area (Å²) in [6, 6.07) is 5.11. The van der Waals surface area contributed by atoms with Crippen LogP contribution >= 0.6 is 11.3 Å². The Kier molecular flexibility index (Phi) is 5.22. The van der Waals surface area contributed by atoms with Gasteiger partial charge >= 0.3 is 0 Å². The molecule has 1 aromatic heterocycles. The molecule has 1 aliphatic rings. The van der Waals surface area contributed by atoms with E-state index in [9.17, 15) is 0 Å². The van der Waals surface area contributed by atoms with Gasteiger partial charge in [-0.1, -0.05) is 6.92 Å². The SMILES string of the molecule is CCN(CC1CCCNC1)C(C)c1ccc(C)s1. The van der Waals surface area contributed by atoms with Gasteiger partial charge < -0.3 is 5.32 Å². The second-order valence-electron chi connectivity index (χ2n) is 5.42. The Morgan fingerprint density at radius 2 is 2.33 bits per heavy atom. The van der Waals surface area contributed by atoms with E-state index >= 15 is 0 Å². The fourth-order valence-corrected chi connectivity index (χ4v) is 3.79. The average Bonchev–Trinajstić information content (AvgIpc) is 2.83. The molecule has 0 aliphatic carbocycles. The highest BCUT2D eigenvalue weighted by molar-refractivity contribution is 7.12. The zero-order valence-electron chi connectivity index (χ0n) is 11.9. The molecule has 2 unspecified atom stereocenters. The Bertz CT molecular complexity index is 355. The summed E-state index contributed by atoms with van der Waals surface area (Å²) in [5.74, 6) is 0.835. The number of nitrogens with one attached hydrogen (secondary N) is 1. The molecule has 102 valence electrons. The molecule has 1 fully saturated rings. The van der Waals surface area contributed by atoms with E-state index in [4.69, 9.17) is 0 Å². The third-order valence-electron chi connectivity index (χ3n) is 4.02. The molecule has 2 heterocycles. The van der Waals surface area contributed by atoms with Crippen LogP contribution in [0.25, 0.3) is 0 Å². The van der Waals surface area contributed by atoms with E-state index in [1.54, 1.807) is 0 Å². The van der Waals surface area contributed by atoms with Crippen LogP contribution in [0.3, 0.4) is 0 Å². The zero-order valence-corrected chi connectivity index (χ0v) is 12.7. The van der Waals surface area contributed by atoms with E-state index in [0.717, 1.165) is 12.5 Å². The van der Waals surface area contributed by atoms with E-state index in [1.807, 2.05) is 11.3 Å². The minimum atomic E-state index is 0.565. The average molecular weight is 266 g/mol. The van der Waals surface area contributed by atoms with Crippen molar-refractivity contribution in [3.8, 4) is 0 Å². The molecule has 0 saturated carbocycles. The van der Waals surface area contributed by atoms with Gasteiger partial charge in [0.25, 0.3) is 0 Å². The first-order valence-electron chi connectivity index (χ1n) is 7.21. The number of hydrogen-bond donors (Lipinski definition) is 1. The van der Waals surface area contributed by atoms with Crippen molar-refractivity contribution in [3.05, 3.63) is 21.9 Å². The lowest BCUT2D eigenvalue weighted by atomic mass is 9.98. The molecule has 2 rings (SSSR count). The van der Waals surface area contributed by atoms with E-state index in [2.05, 4.69) is 43.1 Å². The van der Waals surface area contributed by atoms with Crippen LogP contribution in [0.1, 0.15) is 42.5 Å². The summed E-state index contributed by atoms with van der Waals surface area (Å²) >= 11 is 1.94. The molecule has 0 spiro atoms. The Labute approximate surface area is 115 Å². The van der Waals surface area contributed by atoms with E-state index < -0.39 is 0 Å². The van der Waals surface area contributed by atoms with Crippen LogP contribution in [0.15, 0.2) is 12.1 Å². The zero-order chi connectivity index (χ0) is 13.0. The second-order valence-corrected chi connectivity index (χ2v) is 6.74. The van der Waals surface area contributed by atoms with Crippen LogP contribution in [0.5, 0.6) is 0 Å². The molecule has 2 atom stereocenters. The van der Waals surface area contributed by atoms with Gasteiger partial charge in [0.05, 0.1) is 0 Å². The number of hydrogen-bond acceptors (Lipinski definition) is 3. The van der Waals surface area contributed by atoms with Crippen molar-refractivity contribution in [2.24, 2.45) is 5.92 Å². The summed E-state index contributed by atoms with van der Waals surface area (Å²) in [7, 11) is 0. The number of piperidine rings is 1. The standard InChI is InChI=1S/C15H26N2S/c1-4-17(11-14-6-5-9-16-10-14)13(3)15-8-7-12(2)18-15/h7-8,13-14,16H,4-6,9-11H2,1-3H3. The van der Waals surface area contributed by atoms with Crippen molar-refractivity contribution < 1.29 is 0 Å². The first kappa shape index (κ1) is 14.0. The molecule has 1 saturated heterocycles. The molecule has 0 radical (unpaired) electrons. The van der Waals surface area contributed by atoms with Crippen molar-refractivity contribution in [3.63, 3.8) is 0 Å². The molecule has 0 amide bonds. The molecule has 2 nitrogen and oxygen atoms in total. The number of rotatable bonds is 5. The van der Waals surface area contributed by atoms with Crippen LogP contribution in [0.4, 0.5) is 0 Å². The highest BCUT2D eigenvalue weighted by Gasteiger charge is 2.21. The fourth-order valence-electron chi connectivity index (χ4n) is 2.83. The Balaban J connectivity index is 1.94. The lowest BCUT2D eigenvalue weighted by Crippen LogP contribution is -2.39. The smallest absolute Gasteiger partial charge is 0.0413 e. The van der Waals surface area contributed by atoms with Crippen molar-refractivity contribution >= 4 is 11.3 Å². The van der Waals surface area contributed by atoms with Gasteiger partial charge in [0.2, 0.25) is 0 Å². The molecule has 1 N–H and O–H groups in total. The highest BCUT2D eigenvalue weighted by atomic mass is 32.1. The van der Waals surface area contributed by atoms with Crippen LogP contribution in [0.2, 0.25) is 0 Å². The summed E-state index contributed by atoms with van der Waals surface area (Å²) in [4.78, 5) is 5.56. The fraction of sp³-hybridized carbons (Fsp3) is 0.733. The minimum absolute atomic E-state index is 0.565. The predicted molar refractivity (Wildman–Crippen MR) is 80.3 cm³/mol. The first-order valence-corrected chi connectivity index (χ1v) is 8.03. The van der Waals surface area contributed by atoms with Crippen LogP contribution in [-0.4, -0.2) is 31.1 Å². The minimum Gasteiger partial charge on any atom is -0.316 e. The molecule has 18 heavy (non-hydrogen) atoms.